The SMILES string of the molecule is O=[N+]([O-])c1ccc(O)c(C=Nc2ccc(C(=C(c3ccccc3)c3ccccc3)c3ccccc3)cc2)c1. The average molecular weight is 497 g/mol. The second kappa shape index (κ2) is 11.2. The Kier molecular flexibility index (Phi) is 7.18. The largest absolute Gasteiger partial charge is 0.507 e. The summed E-state index contributed by atoms with van der Waals surface area (Å²) in [5, 5.41) is 21.2. The maximum absolute atomic E-state index is 11.1. The monoisotopic (exact) mass is 496 g/mol. The van der Waals surface area contributed by atoms with Gasteiger partial charge in [-0.3, -0.25) is 15.1 Å². The van der Waals surface area contributed by atoms with Gasteiger partial charge in [0.1, 0.15) is 5.75 Å². The van der Waals surface area contributed by atoms with E-state index in [9.17, 15) is 15.2 Å². The molecule has 0 radical (unpaired) electrons. The second-order valence-electron chi connectivity index (χ2n) is 8.65. The van der Waals surface area contributed by atoms with Gasteiger partial charge < -0.3 is 5.11 Å². The van der Waals surface area contributed by atoms with Gasteiger partial charge in [0.15, 0.2) is 0 Å². The third kappa shape index (κ3) is 5.42. The predicted molar refractivity (Wildman–Crippen MR) is 153 cm³/mol. The first-order valence-corrected chi connectivity index (χ1v) is 12.1. The fourth-order valence-electron chi connectivity index (χ4n) is 4.34. The first-order chi connectivity index (χ1) is 18.6. The van der Waals surface area contributed by atoms with Crippen LogP contribution in [0.1, 0.15) is 27.8 Å². The standard InChI is InChI=1S/C33H24N2O3/c36-31-21-20-30(35(37)38)22-28(31)23-34-29-18-16-27(17-19-29)33(26-14-8-3-9-15-26)32(24-10-4-1-5-11-24)25-12-6-2-7-13-25/h1-23,36H. The zero-order chi connectivity index (χ0) is 26.3. The van der Waals surface area contributed by atoms with Crippen LogP contribution in [0.3, 0.4) is 0 Å². The molecule has 5 aromatic rings. The zero-order valence-corrected chi connectivity index (χ0v) is 20.4. The summed E-state index contributed by atoms with van der Waals surface area (Å²) in [5.74, 6) is -0.0689. The minimum Gasteiger partial charge on any atom is -0.507 e. The van der Waals surface area contributed by atoms with Crippen molar-refractivity contribution in [1.29, 1.82) is 0 Å². The van der Waals surface area contributed by atoms with E-state index in [2.05, 4.69) is 41.4 Å². The first-order valence-electron chi connectivity index (χ1n) is 12.1. The predicted octanol–water partition coefficient (Wildman–Crippen LogP) is 8.06. The maximum atomic E-state index is 11.1. The highest BCUT2D eigenvalue weighted by Crippen LogP contribution is 2.37. The van der Waals surface area contributed by atoms with E-state index >= 15 is 0 Å². The van der Waals surface area contributed by atoms with Gasteiger partial charge in [0.05, 0.1) is 10.6 Å². The number of hydrogen-bond acceptors (Lipinski definition) is 4. The van der Waals surface area contributed by atoms with E-state index in [1.165, 1.54) is 24.4 Å². The third-order valence-electron chi connectivity index (χ3n) is 6.17. The van der Waals surface area contributed by atoms with Crippen molar-refractivity contribution in [3.05, 3.63) is 171 Å². The highest BCUT2D eigenvalue weighted by molar-refractivity contribution is 6.04. The number of phenolic OH excluding ortho intramolecular Hbond substituents is 1. The van der Waals surface area contributed by atoms with Crippen LogP contribution in [0.15, 0.2) is 138 Å². The van der Waals surface area contributed by atoms with Crippen molar-refractivity contribution in [3.8, 4) is 5.75 Å². The second-order valence-corrected chi connectivity index (χ2v) is 8.65. The molecular formula is C33H24N2O3. The van der Waals surface area contributed by atoms with Crippen LogP contribution < -0.4 is 0 Å². The lowest BCUT2D eigenvalue weighted by atomic mass is 9.86. The molecule has 0 spiro atoms. The Labute approximate surface area is 220 Å². The Morgan fingerprint density at radius 3 is 1.53 bits per heavy atom. The number of aliphatic imine (C=N–C) groups is 1. The Morgan fingerprint density at radius 1 is 0.632 bits per heavy atom. The molecule has 184 valence electrons. The highest BCUT2D eigenvalue weighted by atomic mass is 16.6. The molecule has 5 rings (SSSR count). The van der Waals surface area contributed by atoms with Gasteiger partial charge in [-0.2, -0.15) is 0 Å². The normalized spacial score (nSPS) is 10.8. The van der Waals surface area contributed by atoms with E-state index in [1.54, 1.807) is 0 Å². The van der Waals surface area contributed by atoms with Crippen LogP contribution in [0.5, 0.6) is 5.75 Å². The van der Waals surface area contributed by atoms with Crippen LogP contribution in [-0.4, -0.2) is 16.2 Å². The Bertz CT molecular complexity index is 1570. The van der Waals surface area contributed by atoms with Crippen LogP contribution in [0.2, 0.25) is 0 Å². The summed E-state index contributed by atoms with van der Waals surface area (Å²) in [6, 6.07) is 42.7. The lowest BCUT2D eigenvalue weighted by molar-refractivity contribution is -0.384. The number of rotatable bonds is 7. The van der Waals surface area contributed by atoms with Crippen LogP contribution >= 0.6 is 0 Å². The summed E-state index contributed by atoms with van der Waals surface area (Å²) < 4.78 is 0. The molecule has 38 heavy (non-hydrogen) atoms. The van der Waals surface area contributed by atoms with E-state index < -0.39 is 4.92 Å². The number of phenols is 1. The van der Waals surface area contributed by atoms with Crippen molar-refractivity contribution >= 4 is 28.7 Å². The summed E-state index contributed by atoms with van der Waals surface area (Å²) in [4.78, 5) is 15.0. The fraction of sp³-hybridized carbons (Fsp3) is 0. The minimum absolute atomic E-state index is 0.0689. The molecule has 5 aromatic carbocycles. The molecule has 0 unspecified atom stereocenters. The number of benzene rings is 5. The van der Waals surface area contributed by atoms with Crippen molar-refractivity contribution in [3.63, 3.8) is 0 Å². The van der Waals surface area contributed by atoms with Crippen molar-refractivity contribution < 1.29 is 10.0 Å². The molecule has 0 bridgehead atoms. The zero-order valence-electron chi connectivity index (χ0n) is 20.4. The molecule has 0 atom stereocenters. The van der Waals surface area contributed by atoms with Crippen LogP contribution in [0.4, 0.5) is 11.4 Å². The third-order valence-corrected chi connectivity index (χ3v) is 6.17. The molecule has 0 fully saturated rings. The van der Waals surface area contributed by atoms with Gasteiger partial charge in [0.25, 0.3) is 5.69 Å². The minimum atomic E-state index is -0.500. The number of non-ortho nitro benzene ring substituents is 1. The smallest absolute Gasteiger partial charge is 0.270 e. The Morgan fingerprint density at radius 2 is 1.08 bits per heavy atom. The Balaban J connectivity index is 1.61. The molecule has 0 saturated heterocycles. The molecular weight excluding hydrogens is 472 g/mol. The summed E-state index contributed by atoms with van der Waals surface area (Å²) in [6.07, 6.45) is 1.44. The van der Waals surface area contributed by atoms with Gasteiger partial charge in [-0.15, -0.1) is 0 Å². The molecule has 0 heterocycles. The van der Waals surface area contributed by atoms with E-state index in [0.717, 1.165) is 33.4 Å². The number of aromatic hydroxyl groups is 1. The molecule has 5 heteroatoms. The van der Waals surface area contributed by atoms with Crippen molar-refractivity contribution in [1.82, 2.24) is 0 Å². The van der Waals surface area contributed by atoms with Crippen molar-refractivity contribution in [2.45, 2.75) is 0 Å². The van der Waals surface area contributed by atoms with Gasteiger partial charge in [0.2, 0.25) is 0 Å². The molecule has 0 aliphatic carbocycles. The summed E-state index contributed by atoms with van der Waals surface area (Å²) in [6.45, 7) is 0. The average Bonchev–Trinajstić information content (AvgIpc) is 2.97. The fourth-order valence-corrected chi connectivity index (χ4v) is 4.34. The summed E-state index contributed by atoms with van der Waals surface area (Å²) in [7, 11) is 0. The molecule has 0 aliphatic heterocycles. The molecule has 5 nitrogen and oxygen atoms in total. The van der Waals surface area contributed by atoms with Gasteiger partial charge in [-0.05, 0) is 51.6 Å². The van der Waals surface area contributed by atoms with E-state index in [1.807, 2.05) is 78.9 Å². The van der Waals surface area contributed by atoms with Crippen LogP contribution in [0, 0.1) is 10.1 Å². The van der Waals surface area contributed by atoms with E-state index in [4.69, 9.17) is 0 Å². The highest BCUT2D eigenvalue weighted by Gasteiger charge is 2.16. The lowest BCUT2D eigenvalue weighted by Crippen LogP contribution is -1.97. The molecule has 0 amide bonds. The van der Waals surface area contributed by atoms with Gasteiger partial charge in [-0.25, -0.2) is 0 Å². The first kappa shape index (κ1) is 24.4. The van der Waals surface area contributed by atoms with Crippen molar-refractivity contribution in [2.75, 3.05) is 0 Å². The molecule has 0 saturated carbocycles. The quantitative estimate of drug-likeness (QED) is 0.107. The van der Waals surface area contributed by atoms with E-state index in [-0.39, 0.29) is 17.0 Å². The van der Waals surface area contributed by atoms with Gasteiger partial charge >= 0.3 is 0 Å². The maximum Gasteiger partial charge on any atom is 0.270 e. The van der Waals surface area contributed by atoms with Crippen molar-refractivity contribution in [2.24, 2.45) is 4.99 Å². The number of nitro benzene ring substituents is 1. The van der Waals surface area contributed by atoms with Gasteiger partial charge in [0, 0.05) is 23.9 Å². The number of hydrogen-bond donors (Lipinski definition) is 1. The topological polar surface area (TPSA) is 75.7 Å². The summed E-state index contributed by atoms with van der Waals surface area (Å²) >= 11 is 0. The molecule has 1 N–H and O–H groups in total. The van der Waals surface area contributed by atoms with Crippen LogP contribution in [-0.2, 0) is 0 Å². The number of nitrogens with zero attached hydrogens (tertiary/aromatic N) is 2. The lowest BCUT2D eigenvalue weighted by Gasteiger charge is -2.18. The molecule has 0 aliphatic rings. The molecule has 0 aromatic heterocycles. The van der Waals surface area contributed by atoms with Gasteiger partial charge in [-0.1, -0.05) is 103 Å². The Hall–Kier alpha value is -5.29. The summed E-state index contributed by atoms with van der Waals surface area (Å²) in [5.41, 5.74) is 7.39. The van der Waals surface area contributed by atoms with E-state index in [0.29, 0.717) is 5.69 Å². The number of nitro groups is 1. The van der Waals surface area contributed by atoms with Crippen LogP contribution in [0.25, 0.3) is 11.1 Å².